The summed E-state index contributed by atoms with van der Waals surface area (Å²) in [6, 6.07) is 10.2. The van der Waals surface area contributed by atoms with Crippen LogP contribution in [0, 0.1) is 13.8 Å². The molecule has 26 heavy (non-hydrogen) atoms. The van der Waals surface area contributed by atoms with Crippen LogP contribution < -0.4 is 4.90 Å². The molecule has 2 aromatic carbocycles. The second kappa shape index (κ2) is 7.29. The Morgan fingerprint density at radius 1 is 1.04 bits per heavy atom. The van der Waals surface area contributed by atoms with E-state index >= 15 is 0 Å². The number of piperazine rings is 1. The highest BCUT2D eigenvalue weighted by Crippen LogP contribution is 2.27. The van der Waals surface area contributed by atoms with E-state index in [4.69, 9.17) is 23.2 Å². The molecule has 0 spiro atoms. The van der Waals surface area contributed by atoms with Gasteiger partial charge in [-0.2, -0.15) is 0 Å². The molecule has 0 radical (unpaired) electrons. The van der Waals surface area contributed by atoms with E-state index in [1.807, 2.05) is 32.0 Å². The first kappa shape index (κ1) is 18.7. The van der Waals surface area contributed by atoms with E-state index in [0.717, 1.165) is 11.3 Å². The molecule has 2 amide bonds. The summed E-state index contributed by atoms with van der Waals surface area (Å²) in [6.45, 7) is 6.70. The van der Waals surface area contributed by atoms with Gasteiger partial charge in [0.05, 0.1) is 10.6 Å². The molecule has 0 bridgehead atoms. The fraction of sp³-hybridized carbons (Fsp3) is 0.300. The van der Waals surface area contributed by atoms with Crippen LogP contribution in [0.2, 0.25) is 10.0 Å². The number of hydrogen-bond acceptors (Lipinski definition) is 2. The quantitative estimate of drug-likeness (QED) is 0.757. The molecule has 4 nitrogen and oxygen atoms in total. The molecule has 3 rings (SSSR count). The molecule has 2 aromatic rings. The zero-order chi connectivity index (χ0) is 19.0. The highest BCUT2D eigenvalue weighted by Gasteiger charge is 2.36. The average Bonchev–Trinajstić information content (AvgIpc) is 2.59. The van der Waals surface area contributed by atoms with Crippen LogP contribution >= 0.6 is 23.2 Å². The molecule has 0 aromatic heterocycles. The maximum absolute atomic E-state index is 12.9. The number of amides is 2. The van der Waals surface area contributed by atoms with Gasteiger partial charge < -0.3 is 9.80 Å². The molecule has 1 aliphatic rings. The molecular weight excluding hydrogens is 371 g/mol. The van der Waals surface area contributed by atoms with Crippen molar-refractivity contribution in [1.82, 2.24) is 4.90 Å². The van der Waals surface area contributed by atoms with Crippen LogP contribution in [0.15, 0.2) is 36.4 Å². The van der Waals surface area contributed by atoms with Gasteiger partial charge in [0, 0.05) is 23.8 Å². The van der Waals surface area contributed by atoms with E-state index in [0.29, 0.717) is 28.7 Å². The second-order valence-corrected chi connectivity index (χ2v) is 7.40. The Bertz CT molecular complexity index is 882. The molecule has 1 fully saturated rings. The van der Waals surface area contributed by atoms with E-state index in [-0.39, 0.29) is 11.8 Å². The van der Waals surface area contributed by atoms with Crippen molar-refractivity contribution in [3.8, 4) is 0 Å². The minimum Gasteiger partial charge on any atom is -0.325 e. The lowest BCUT2D eigenvalue weighted by atomic mass is 10.1. The molecule has 0 saturated carbocycles. The number of benzene rings is 2. The summed E-state index contributed by atoms with van der Waals surface area (Å²) in [6.07, 6.45) is 0. The van der Waals surface area contributed by atoms with Crippen molar-refractivity contribution in [2.75, 3.05) is 18.0 Å². The van der Waals surface area contributed by atoms with Crippen molar-refractivity contribution < 1.29 is 9.59 Å². The average molecular weight is 391 g/mol. The number of rotatable bonds is 2. The van der Waals surface area contributed by atoms with Crippen molar-refractivity contribution in [3.05, 3.63) is 63.1 Å². The van der Waals surface area contributed by atoms with Crippen LogP contribution in [0.5, 0.6) is 0 Å². The van der Waals surface area contributed by atoms with Gasteiger partial charge in [0.2, 0.25) is 5.91 Å². The summed E-state index contributed by atoms with van der Waals surface area (Å²) in [4.78, 5) is 29.0. The van der Waals surface area contributed by atoms with E-state index in [9.17, 15) is 9.59 Å². The van der Waals surface area contributed by atoms with Gasteiger partial charge in [-0.15, -0.1) is 0 Å². The van der Waals surface area contributed by atoms with Gasteiger partial charge in [0.15, 0.2) is 0 Å². The standard InChI is InChI=1S/C20H20Cl2N2O2/c1-12-4-6-16(10-13(12)2)24-9-8-23(14(3)19(24)25)20(26)17-7-5-15(21)11-18(17)22/h4-7,10-11,14H,8-9H2,1-3H3. The number of hydrogen-bond donors (Lipinski definition) is 0. The van der Waals surface area contributed by atoms with E-state index in [1.165, 1.54) is 11.6 Å². The van der Waals surface area contributed by atoms with Crippen LogP contribution in [-0.2, 0) is 4.79 Å². The van der Waals surface area contributed by atoms with Crippen molar-refractivity contribution in [2.45, 2.75) is 26.8 Å². The predicted molar refractivity (Wildman–Crippen MR) is 105 cm³/mol. The summed E-state index contributed by atoms with van der Waals surface area (Å²) in [5.41, 5.74) is 3.53. The monoisotopic (exact) mass is 390 g/mol. The van der Waals surface area contributed by atoms with Crippen LogP contribution in [0.25, 0.3) is 0 Å². The van der Waals surface area contributed by atoms with E-state index in [1.54, 1.807) is 28.9 Å². The van der Waals surface area contributed by atoms with Crippen molar-refractivity contribution in [1.29, 1.82) is 0 Å². The van der Waals surface area contributed by atoms with E-state index in [2.05, 4.69) is 0 Å². The number of carbonyl (C=O) groups excluding carboxylic acids is 2. The lowest BCUT2D eigenvalue weighted by Crippen LogP contribution is -2.57. The Hall–Kier alpha value is -2.04. The SMILES string of the molecule is Cc1ccc(N2CCN(C(=O)c3ccc(Cl)cc3Cl)C(C)C2=O)cc1C. The van der Waals surface area contributed by atoms with Crippen molar-refractivity contribution in [2.24, 2.45) is 0 Å². The largest absolute Gasteiger partial charge is 0.325 e. The summed E-state index contributed by atoms with van der Waals surface area (Å²) < 4.78 is 0. The molecule has 1 heterocycles. The first-order valence-electron chi connectivity index (χ1n) is 8.44. The molecular formula is C20H20Cl2N2O2. The topological polar surface area (TPSA) is 40.6 Å². The minimum atomic E-state index is -0.565. The predicted octanol–water partition coefficient (Wildman–Crippen LogP) is 4.49. The molecule has 0 aliphatic carbocycles. The van der Waals surface area contributed by atoms with Crippen molar-refractivity contribution in [3.63, 3.8) is 0 Å². The van der Waals surface area contributed by atoms with Gasteiger partial charge in [-0.25, -0.2) is 0 Å². The smallest absolute Gasteiger partial charge is 0.256 e. The Balaban J connectivity index is 1.83. The van der Waals surface area contributed by atoms with E-state index < -0.39 is 6.04 Å². The zero-order valence-corrected chi connectivity index (χ0v) is 16.4. The lowest BCUT2D eigenvalue weighted by molar-refractivity contribution is -0.124. The lowest BCUT2D eigenvalue weighted by Gasteiger charge is -2.39. The number of anilines is 1. The third-order valence-electron chi connectivity index (χ3n) is 4.88. The van der Waals surface area contributed by atoms with Gasteiger partial charge in [0.25, 0.3) is 5.91 Å². The van der Waals surface area contributed by atoms with Gasteiger partial charge in [-0.3, -0.25) is 9.59 Å². The Morgan fingerprint density at radius 2 is 1.77 bits per heavy atom. The number of nitrogens with zero attached hydrogens (tertiary/aromatic N) is 2. The molecule has 6 heteroatoms. The number of aryl methyl sites for hydroxylation is 2. The first-order chi connectivity index (χ1) is 12.3. The maximum atomic E-state index is 12.9. The fourth-order valence-electron chi connectivity index (χ4n) is 3.12. The Kier molecular flexibility index (Phi) is 5.26. The number of carbonyl (C=O) groups is 2. The van der Waals surface area contributed by atoms with Crippen LogP contribution in [0.4, 0.5) is 5.69 Å². The van der Waals surface area contributed by atoms with Crippen LogP contribution in [0.1, 0.15) is 28.4 Å². The third-order valence-corrected chi connectivity index (χ3v) is 5.43. The van der Waals surface area contributed by atoms with Crippen LogP contribution in [-0.4, -0.2) is 35.8 Å². The molecule has 136 valence electrons. The van der Waals surface area contributed by atoms with Gasteiger partial charge in [0.1, 0.15) is 6.04 Å². The molecule has 1 unspecified atom stereocenters. The van der Waals surface area contributed by atoms with Crippen LogP contribution in [0.3, 0.4) is 0 Å². The highest BCUT2D eigenvalue weighted by atomic mass is 35.5. The fourth-order valence-corrected chi connectivity index (χ4v) is 3.60. The summed E-state index contributed by atoms with van der Waals surface area (Å²) in [7, 11) is 0. The zero-order valence-electron chi connectivity index (χ0n) is 14.9. The van der Waals surface area contributed by atoms with Gasteiger partial charge in [-0.1, -0.05) is 29.3 Å². The molecule has 0 N–H and O–H groups in total. The second-order valence-electron chi connectivity index (χ2n) is 6.56. The third kappa shape index (κ3) is 3.44. The Morgan fingerprint density at radius 3 is 2.42 bits per heavy atom. The maximum Gasteiger partial charge on any atom is 0.256 e. The first-order valence-corrected chi connectivity index (χ1v) is 9.20. The van der Waals surface area contributed by atoms with Gasteiger partial charge >= 0.3 is 0 Å². The van der Waals surface area contributed by atoms with Crippen molar-refractivity contribution >= 4 is 40.7 Å². The molecule has 1 saturated heterocycles. The highest BCUT2D eigenvalue weighted by molar-refractivity contribution is 6.36. The normalized spacial score (nSPS) is 17.6. The summed E-state index contributed by atoms with van der Waals surface area (Å²) >= 11 is 12.1. The minimum absolute atomic E-state index is 0.0991. The molecule has 1 atom stereocenters. The number of halogens is 2. The summed E-state index contributed by atoms with van der Waals surface area (Å²) in [5, 5.41) is 0.758. The summed E-state index contributed by atoms with van der Waals surface area (Å²) in [5.74, 6) is -0.356. The molecule has 1 aliphatic heterocycles. The van der Waals surface area contributed by atoms with Gasteiger partial charge in [-0.05, 0) is 62.2 Å². The Labute approximate surface area is 163 Å².